The fraction of sp³-hybridized carbons (Fsp3) is 0.133. The summed E-state index contributed by atoms with van der Waals surface area (Å²) in [6.07, 6.45) is 0. The predicted molar refractivity (Wildman–Crippen MR) is 78.7 cm³/mol. The molecule has 19 heavy (non-hydrogen) atoms. The van der Waals surface area contributed by atoms with E-state index in [0.29, 0.717) is 11.3 Å². The second-order valence-electron chi connectivity index (χ2n) is 4.37. The average Bonchev–Trinajstić information content (AvgIpc) is 2.42. The van der Waals surface area contributed by atoms with Gasteiger partial charge in [-0.1, -0.05) is 17.7 Å². The van der Waals surface area contributed by atoms with Crippen LogP contribution in [0.2, 0.25) is 0 Å². The minimum atomic E-state index is -0.145. The first-order chi connectivity index (χ1) is 9.10. The van der Waals surface area contributed by atoms with E-state index in [1.165, 1.54) is 5.56 Å². The molecule has 0 fully saturated rings. The average molecular weight is 255 g/mol. The predicted octanol–water partition coefficient (Wildman–Crippen LogP) is 2.68. The fourth-order valence-corrected chi connectivity index (χ4v) is 1.75. The summed E-state index contributed by atoms with van der Waals surface area (Å²) in [5.41, 5.74) is 10.00. The van der Waals surface area contributed by atoms with E-state index < -0.39 is 0 Å². The number of carbonyl (C=O) groups excluding carboxylic acids is 1. The molecule has 1 amide bonds. The lowest BCUT2D eigenvalue weighted by atomic mass is 10.1. The van der Waals surface area contributed by atoms with Crippen LogP contribution in [0.15, 0.2) is 42.5 Å². The van der Waals surface area contributed by atoms with Crippen LogP contribution in [-0.2, 0) is 0 Å². The zero-order valence-corrected chi connectivity index (χ0v) is 11.0. The molecule has 0 aromatic heterocycles. The number of nitrogen functional groups attached to an aromatic ring is 1. The highest BCUT2D eigenvalue weighted by Gasteiger charge is 2.06. The first-order valence-corrected chi connectivity index (χ1v) is 6.05. The van der Waals surface area contributed by atoms with Crippen LogP contribution in [0.5, 0.6) is 0 Å². The van der Waals surface area contributed by atoms with Crippen LogP contribution in [0.1, 0.15) is 15.9 Å². The van der Waals surface area contributed by atoms with Gasteiger partial charge >= 0.3 is 0 Å². The summed E-state index contributed by atoms with van der Waals surface area (Å²) >= 11 is 0. The van der Waals surface area contributed by atoms with E-state index >= 15 is 0 Å². The number of nitrogens with two attached hydrogens (primary N) is 1. The normalized spacial score (nSPS) is 10.0. The summed E-state index contributed by atoms with van der Waals surface area (Å²) in [5, 5.41) is 5.80. The standard InChI is InChI=1S/C15H17N3O/c1-10-3-6-12(7-4-10)18-14-8-5-11(9-13(14)16)15(19)17-2/h3-9,18H,16H2,1-2H3,(H,17,19). The molecule has 4 heteroatoms. The molecular weight excluding hydrogens is 238 g/mol. The Kier molecular flexibility index (Phi) is 3.71. The van der Waals surface area contributed by atoms with Gasteiger partial charge in [-0.3, -0.25) is 4.79 Å². The molecule has 98 valence electrons. The Balaban J connectivity index is 2.22. The lowest BCUT2D eigenvalue weighted by Crippen LogP contribution is -2.17. The van der Waals surface area contributed by atoms with Crippen molar-refractivity contribution in [2.75, 3.05) is 18.1 Å². The second-order valence-corrected chi connectivity index (χ2v) is 4.37. The molecule has 0 aliphatic carbocycles. The third-order valence-corrected chi connectivity index (χ3v) is 2.87. The monoisotopic (exact) mass is 255 g/mol. The number of aryl methyl sites for hydroxylation is 1. The summed E-state index contributed by atoms with van der Waals surface area (Å²) in [7, 11) is 1.59. The van der Waals surface area contributed by atoms with E-state index in [4.69, 9.17) is 5.73 Å². The zero-order chi connectivity index (χ0) is 13.8. The number of benzene rings is 2. The molecule has 2 aromatic rings. The van der Waals surface area contributed by atoms with Gasteiger partial charge in [0.1, 0.15) is 0 Å². The van der Waals surface area contributed by atoms with Crippen molar-refractivity contribution >= 4 is 23.0 Å². The number of amides is 1. The van der Waals surface area contributed by atoms with Crippen molar-refractivity contribution in [3.05, 3.63) is 53.6 Å². The molecule has 0 spiro atoms. The van der Waals surface area contributed by atoms with Gasteiger partial charge in [-0.25, -0.2) is 0 Å². The van der Waals surface area contributed by atoms with Gasteiger partial charge in [-0.05, 0) is 37.3 Å². The van der Waals surface area contributed by atoms with Crippen LogP contribution in [0.3, 0.4) is 0 Å². The molecule has 0 heterocycles. The first-order valence-electron chi connectivity index (χ1n) is 6.05. The minimum Gasteiger partial charge on any atom is -0.397 e. The molecular formula is C15H17N3O. The van der Waals surface area contributed by atoms with Crippen molar-refractivity contribution in [1.82, 2.24) is 5.32 Å². The van der Waals surface area contributed by atoms with Crippen molar-refractivity contribution in [3.63, 3.8) is 0 Å². The topological polar surface area (TPSA) is 67.2 Å². The Hall–Kier alpha value is -2.49. The zero-order valence-electron chi connectivity index (χ0n) is 11.0. The Morgan fingerprint density at radius 1 is 1.11 bits per heavy atom. The molecule has 0 saturated carbocycles. The maximum atomic E-state index is 11.5. The Morgan fingerprint density at radius 2 is 1.79 bits per heavy atom. The molecule has 0 aliphatic heterocycles. The molecule has 0 aliphatic rings. The number of rotatable bonds is 3. The maximum Gasteiger partial charge on any atom is 0.251 e. The SMILES string of the molecule is CNC(=O)c1ccc(Nc2ccc(C)cc2)c(N)c1. The number of nitrogens with one attached hydrogen (secondary N) is 2. The van der Waals surface area contributed by atoms with E-state index in [2.05, 4.69) is 10.6 Å². The highest BCUT2D eigenvalue weighted by Crippen LogP contribution is 2.24. The van der Waals surface area contributed by atoms with Gasteiger partial charge in [0.15, 0.2) is 0 Å². The lowest BCUT2D eigenvalue weighted by Gasteiger charge is -2.11. The number of anilines is 3. The summed E-state index contributed by atoms with van der Waals surface area (Å²) in [5.74, 6) is -0.145. The summed E-state index contributed by atoms with van der Waals surface area (Å²) in [6.45, 7) is 2.04. The molecule has 0 saturated heterocycles. The van der Waals surface area contributed by atoms with E-state index in [9.17, 15) is 4.79 Å². The van der Waals surface area contributed by atoms with Gasteiger partial charge < -0.3 is 16.4 Å². The molecule has 0 unspecified atom stereocenters. The van der Waals surface area contributed by atoms with Gasteiger partial charge in [0.2, 0.25) is 0 Å². The summed E-state index contributed by atoms with van der Waals surface area (Å²) in [6, 6.07) is 13.2. The molecule has 0 bridgehead atoms. The summed E-state index contributed by atoms with van der Waals surface area (Å²) in [4.78, 5) is 11.5. The van der Waals surface area contributed by atoms with E-state index in [0.717, 1.165) is 11.4 Å². The lowest BCUT2D eigenvalue weighted by molar-refractivity contribution is 0.0963. The maximum absolute atomic E-state index is 11.5. The van der Waals surface area contributed by atoms with Gasteiger partial charge in [-0.2, -0.15) is 0 Å². The van der Waals surface area contributed by atoms with Crippen molar-refractivity contribution in [1.29, 1.82) is 0 Å². The molecule has 0 atom stereocenters. The number of hydrogen-bond acceptors (Lipinski definition) is 3. The third-order valence-electron chi connectivity index (χ3n) is 2.87. The van der Waals surface area contributed by atoms with Gasteiger partial charge in [0.25, 0.3) is 5.91 Å². The third kappa shape index (κ3) is 3.04. The Morgan fingerprint density at radius 3 is 2.37 bits per heavy atom. The highest BCUT2D eigenvalue weighted by molar-refractivity contribution is 5.96. The largest absolute Gasteiger partial charge is 0.397 e. The van der Waals surface area contributed by atoms with E-state index in [1.807, 2.05) is 31.2 Å². The van der Waals surface area contributed by atoms with Crippen molar-refractivity contribution in [3.8, 4) is 0 Å². The van der Waals surface area contributed by atoms with E-state index in [1.54, 1.807) is 25.2 Å². The fourth-order valence-electron chi connectivity index (χ4n) is 1.75. The van der Waals surface area contributed by atoms with Crippen molar-refractivity contribution < 1.29 is 4.79 Å². The van der Waals surface area contributed by atoms with E-state index in [-0.39, 0.29) is 5.91 Å². The molecule has 4 nitrogen and oxygen atoms in total. The number of carbonyl (C=O) groups is 1. The Labute approximate surface area is 112 Å². The molecule has 4 N–H and O–H groups in total. The smallest absolute Gasteiger partial charge is 0.251 e. The van der Waals surface area contributed by atoms with Crippen LogP contribution >= 0.6 is 0 Å². The van der Waals surface area contributed by atoms with Gasteiger partial charge in [-0.15, -0.1) is 0 Å². The highest BCUT2D eigenvalue weighted by atomic mass is 16.1. The van der Waals surface area contributed by atoms with Crippen LogP contribution in [0.25, 0.3) is 0 Å². The van der Waals surface area contributed by atoms with Crippen LogP contribution in [0, 0.1) is 6.92 Å². The van der Waals surface area contributed by atoms with Crippen LogP contribution in [-0.4, -0.2) is 13.0 Å². The minimum absolute atomic E-state index is 0.145. The van der Waals surface area contributed by atoms with Crippen LogP contribution in [0.4, 0.5) is 17.1 Å². The Bertz CT molecular complexity index is 591. The van der Waals surface area contributed by atoms with Gasteiger partial charge in [0.05, 0.1) is 11.4 Å². The summed E-state index contributed by atoms with van der Waals surface area (Å²) < 4.78 is 0. The quantitative estimate of drug-likeness (QED) is 0.739. The molecule has 0 radical (unpaired) electrons. The first kappa shape index (κ1) is 13.0. The van der Waals surface area contributed by atoms with Crippen molar-refractivity contribution in [2.24, 2.45) is 0 Å². The van der Waals surface area contributed by atoms with Crippen molar-refractivity contribution in [2.45, 2.75) is 6.92 Å². The van der Waals surface area contributed by atoms with Gasteiger partial charge in [0, 0.05) is 18.3 Å². The van der Waals surface area contributed by atoms with Crippen LogP contribution < -0.4 is 16.4 Å². The second kappa shape index (κ2) is 5.44. The number of hydrogen-bond donors (Lipinski definition) is 3. The molecule has 2 aromatic carbocycles. The molecule has 2 rings (SSSR count).